The molecule has 1 rings (SSSR count). The summed E-state index contributed by atoms with van der Waals surface area (Å²) in [5.74, 6) is 0.0771. The molecule has 0 saturated carbocycles. The van der Waals surface area contributed by atoms with Crippen LogP contribution in [0.1, 0.15) is 18.9 Å². The third-order valence-electron chi connectivity index (χ3n) is 2.48. The highest BCUT2D eigenvalue weighted by atomic mass is 16.1. The van der Waals surface area contributed by atoms with Crippen LogP contribution in [0.25, 0.3) is 0 Å². The summed E-state index contributed by atoms with van der Waals surface area (Å²) >= 11 is 0. The van der Waals surface area contributed by atoms with E-state index in [2.05, 4.69) is 10.3 Å². The topological polar surface area (TPSA) is 68.0 Å². The molecule has 0 fully saturated rings. The second-order valence-electron chi connectivity index (χ2n) is 3.88. The van der Waals surface area contributed by atoms with Crippen LogP contribution in [0, 0.1) is 5.92 Å². The maximum atomic E-state index is 11.5. The van der Waals surface area contributed by atoms with E-state index >= 15 is 0 Å². The van der Waals surface area contributed by atoms with Crippen molar-refractivity contribution in [3.8, 4) is 0 Å². The predicted octanol–water partition coefficient (Wildman–Crippen LogP) is 0.725. The van der Waals surface area contributed by atoms with Crippen LogP contribution in [-0.2, 0) is 11.2 Å². The summed E-state index contributed by atoms with van der Waals surface area (Å²) in [5, 5.41) is 2.89. The SMILES string of the molecule is CC(CCN)C(=O)NCCc1cccnc1. The zero-order valence-electron chi connectivity index (χ0n) is 9.65. The van der Waals surface area contributed by atoms with E-state index in [9.17, 15) is 4.79 Å². The smallest absolute Gasteiger partial charge is 0.222 e. The molecule has 0 aliphatic rings. The van der Waals surface area contributed by atoms with Crippen LogP contribution >= 0.6 is 0 Å². The van der Waals surface area contributed by atoms with Gasteiger partial charge in [0.2, 0.25) is 5.91 Å². The lowest BCUT2D eigenvalue weighted by molar-refractivity contribution is -0.124. The minimum atomic E-state index is -0.00102. The molecule has 0 saturated heterocycles. The second kappa shape index (κ2) is 6.95. The van der Waals surface area contributed by atoms with E-state index in [4.69, 9.17) is 5.73 Å². The average Bonchev–Trinajstić information content (AvgIpc) is 2.30. The zero-order chi connectivity index (χ0) is 11.8. The van der Waals surface area contributed by atoms with Gasteiger partial charge in [-0.05, 0) is 31.0 Å². The normalized spacial score (nSPS) is 12.1. The van der Waals surface area contributed by atoms with E-state index in [1.165, 1.54) is 0 Å². The Morgan fingerprint density at radius 1 is 1.62 bits per heavy atom. The van der Waals surface area contributed by atoms with Gasteiger partial charge in [-0.1, -0.05) is 13.0 Å². The number of hydrogen-bond donors (Lipinski definition) is 2. The molecule has 0 radical (unpaired) electrons. The molecule has 1 atom stereocenters. The first-order valence-corrected chi connectivity index (χ1v) is 5.60. The van der Waals surface area contributed by atoms with Crippen LogP contribution < -0.4 is 11.1 Å². The number of amides is 1. The predicted molar refractivity (Wildman–Crippen MR) is 63.8 cm³/mol. The van der Waals surface area contributed by atoms with Crippen LogP contribution in [0.5, 0.6) is 0 Å². The fourth-order valence-electron chi connectivity index (χ4n) is 1.43. The van der Waals surface area contributed by atoms with Crippen LogP contribution in [0.15, 0.2) is 24.5 Å². The van der Waals surface area contributed by atoms with Crippen molar-refractivity contribution < 1.29 is 4.79 Å². The van der Waals surface area contributed by atoms with E-state index in [0.29, 0.717) is 13.1 Å². The van der Waals surface area contributed by atoms with Gasteiger partial charge in [-0.25, -0.2) is 0 Å². The van der Waals surface area contributed by atoms with Gasteiger partial charge >= 0.3 is 0 Å². The van der Waals surface area contributed by atoms with Gasteiger partial charge in [-0.3, -0.25) is 9.78 Å². The van der Waals surface area contributed by atoms with Gasteiger partial charge in [-0.2, -0.15) is 0 Å². The molecule has 1 amide bonds. The highest BCUT2D eigenvalue weighted by Crippen LogP contribution is 2.00. The Bertz CT molecular complexity index is 313. The first-order valence-electron chi connectivity index (χ1n) is 5.60. The molecule has 0 aromatic carbocycles. The summed E-state index contributed by atoms with van der Waals surface area (Å²) < 4.78 is 0. The second-order valence-corrected chi connectivity index (χ2v) is 3.88. The summed E-state index contributed by atoms with van der Waals surface area (Å²) in [6.07, 6.45) is 5.11. The van der Waals surface area contributed by atoms with Gasteiger partial charge in [-0.15, -0.1) is 0 Å². The van der Waals surface area contributed by atoms with Crippen molar-refractivity contribution in [2.45, 2.75) is 19.8 Å². The maximum Gasteiger partial charge on any atom is 0.222 e. The molecule has 0 aliphatic heterocycles. The first kappa shape index (κ1) is 12.6. The lowest BCUT2D eigenvalue weighted by Crippen LogP contribution is -2.31. The zero-order valence-corrected chi connectivity index (χ0v) is 9.65. The van der Waals surface area contributed by atoms with Crippen LogP contribution in [-0.4, -0.2) is 24.0 Å². The summed E-state index contributed by atoms with van der Waals surface area (Å²) in [5.41, 5.74) is 6.53. The number of nitrogens with zero attached hydrogens (tertiary/aromatic N) is 1. The molecule has 1 heterocycles. The van der Waals surface area contributed by atoms with Gasteiger partial charge in [0.15, 0.2) is 0 Å². The van der Waals surface area contributed by atoms with Crippen molar-refractivity contribution in [1.29, 1.82) is 0 Å². The maximum absolute atomic E-state index is 11.5. The minimum Gasteiger partial charge on any atom is -0.356 e. The molecule has 3 N–H and O–H groups in total. The van der Waals surface area contributed by atoms with Crippen molar-refractivity contribution in [2.75, 3.05) is 13.1 Å². The molecule has 0 bridgehead atoms. The van der Waals surface area contributed by atoms with Crippen LogP contribution in [0.2, 0.25) is 0 Å². The number of carbonyl (C=O) groups excluding carboxylic acids is 1. The Kier molecular flexibility index (Phi) is 5.50. The molecule has 0 spiro atoms. The van der Waals surface area contributed by atoms with Gasteiger partial charge in [0.05, 0.1) is 0 Å². The molecule has 88 valence electrons. The van der Waals surface area contributed by atoms with Gasteiger partial charge in [0.1, 0.15) is 0 Å². The minimum absolute atomic E-state index is 0.00102. The Morgan fingerprint density at radius 2 is 2.44 bits per heavy atom. The van der Waals surface area contributed by atoms with Crippen molar-refractivity contribution >= 4 is 5.91 Å². The number of carbonyl (C=O) groups is 1. The summed E-state index contributed by atoms with van der Waals surface area (Å²) in [6, 6.07) is 3.90. The molecular weight excluding hydrogens is 202 g/mol. The van der Waals surface area contributed by atoms with Crippen molar-refractivity contribution in [3.63, 3.8) is 0 Å². The van der Waals surface area contributed by atoms with E-state index in [1.807, 2.05) is 25.3 Å². The summed E-state index contributed by atoms with van der Waals surface area (Å²) in [4.78, 5) is 15.6. The molecule has 4 nitrogen and oxygen atoms in total. The van der Waals surface area contributed by atoms with Gasteiger partial charge < -0.3 is 11.1 Å². The lowest BCUT2D eigenvalue weighted by Gasteiger charge is -2.10. The number of rotatable bonds is 6. The van der Waals surface area contributed by atoms with Gasteiger partial charge in [0, 0.05) is 24.9 Å². The van der Waals surface area contributed by atoms with Crippen molar-refractivity contribution in [2.24, 2.45) is 11.7 Å². The average molecular weight is 221 g/mol. The van der Waals surface area contributed by atoms with Crippen LogP contribution in [0.3, 0.4) is 0 Å². The van der Waals surface area contributed by atoms with E-state index < -0.39 is 0 Å². The number of hydrogen-bond acceptors (Lipinski definition) is 3. The molecule has 16 heavy (non-hydrogen) atoms. The Morgan fingerprint density at radius 3 is 3.06 bits per heavy atom. The molecule has 0 aliphatic carbocycles. The lowest BCUT2D eigenvalue weighted by atomic mass is 10.1. The molecule has 1 unspecified atom stereocenters. The standard InChI is InChI=1S/C12H19N3O/c1-10(4-6-13)12(16)15-8-5-11-3-2-7-14-9-11/h2-3,7,9-10H,4-6,8,13H2,1H3,(H,15,16). The summed E-state index contributed by atoms with van der Waals surface area (Å²) in [6.45, 7) is 3.10. The third-order valence-corrected chi connectivity index (χ3v) is 2.48. The third kappa shape index (κ3) is 4.40. The molecule has 1 aromatic heterocycles. The monoisotopic (exact) mass is 221 g/mol. The highest BCUT2D eigenvalue weighted by molar-refractivity contribution is 5.78. The van der Waals surface area contributed by atoms with Gasteiger partial charge in [0.25, 0.3) is 0 Å². The number of pyridine rings is 1. The van der Waals surface area contributed by atoms with Crippen molar-refractivity contribution in [3.05, 3.63) is 30.1 Å². The number of nitrogens with two attached hydrogens (primary N) is 1. The van der Waals surface area contributed by atoms with Crippen LogP contribution in [0.4, 0.5) is 0 Å². The fourth-order valence-corrected chi connectivity index (χ4v) is 1.43. The van der Waals surface area contributed by atoms with E-state index in [1.54, 1.807) is 6.20 Å². The van der Waals surface area contributed by atoms with E-state index in [0.717, 1.165) is 18.4 Å². The number of aromatic nitrogens is 1. The fraction of sp³-hybridized carbons (Fsp3) is 0.500. The quantitative estimate of drug-likeness (QED) is 0.744. The summed E-state index contributed by atoms with van der Waals surface area (Å²) in [7, 11) is 0. The Balaban J connectivity index is 2.23. The van der Waals surface area contributed by atoms with Crippen molar-refractivity contribution in [1.82, 2.24) is 10.3 Å². The molecule has 1 aromatic rings. The van der Waals surface area contributed by atoms with E-state index in [-0.39, 0.29) is 11.8 Å². The molecule has 4 heteroatoms. The number of nitrogens with one attached hydrogen (secondary N) is 1. The Labute approximate surface area is 96.3 Å². The largest absolute Gasteiger partial charge is 0.356 e. The highest BCUT2D eigenvalue weighted by Gasteiger charge is 2.10. The first-order chi connectivity index (χ1) is 7.74. The molecular formula is C12H19N3O. The Hall–Kier alpha value is -1.42.